The number of hydrogen-bond acceptors (Lipinski definition) is 1. The van der Waals surface area contributed by atoms with Gasteiger partial charge in [-0.3, -0.25) is 4.79 Å². The van der Waals surface area contributed by atoms with Crippen molar-refractivity contribution in [2.45, 2.75) is 69.0 Å². The van der Waals surface area contributed by atoms with Gasteiger partial charge in [-0.05, 0) is 31.1 Å². The Morgan fingerprint density at radius 2 is 1.72 bits per heavy atom. The summed E-state index contributed by atoms with van der Waals surface area (Å²) in [6.45, 7) is 0.874. The van der Waals surface area contributed by atoms with Gasteiger partial charge in [0.2, 0.25) is 5.91 Å². The van der Waals surface area contributed by atoms with Crippen LogP contribution >= 0.6 is 15.9 Å². The smallest absolute Gasteiger partial charge is 0.220 e. The monoisotopic (exact) mass is 315 g/mol. The Morgan fingerprint density at radius 1 is 1.06 bits per heavy atom. The Kier molecular flexibility index (Phi) is 6.00. The third-order valence-corrected chi connectivity index (χ3v) is 5.84. The zero-order valence-corrected chi connectivity index (χ0v) is 12.9. The molecule has 2 unspecified atom stereocenters. The highest BCUT2D eigenvalue weighted by molar-refractivity contribution is 9.09. The first kappa shape index (κ1) is 14.4. The fourth-order valence-corrected chi connectivity index (χ4v) is 4.13. The number of rotatable bonds is 5. The molecule has 2 rings (SSSR count). The number of amides is 1. The Morgan fingerprint density at radius 3 is 2.44 bits per heavy atom. The second-order valence-electron chi connectivity index (χ2n) is 6.05. The maximum absolute atomic E-state index is 11.8. The highest BCUT2D eigenvalue weighted by atomic mass is 79.9. The van der Waals surface area contributed by atoms with E-state index in [1.54, 1.807) is 0 Å². The first-order valence-corrected chi connectivity index (χ1v) is 8.58. The quantitative estimate of drug-likeness (QED) is 0.763. The highest BCUT2D eigenvalue weighted by Gasteiger charge is 2.23. The molecule has 0 aromatic carbocycles. The fourth-order valence-electron chi connectivity index (χ4n) is 3.36. The molecule has 2 aliphatic carbocycles. The molecule has 2 saturated carbocycles. The van der Waals surface area contributed by atoms with E-state index >= 15 is 0 Å². The molecule has 0 aliphatic heterocycles. The third kappa shape index (κ3) is 4.56. The Bertz CT molecular complexity index is 263. The number of carbonyl (C=O) groups excluding carboxylic acids is 1. The number of halogens is 1. The van der Waals surface area contributed by atoms with Crippen LogP contribution in [0.3, 0.4) is 0 Å². The van der Waals surface area contributed by atoms with Crippen LogP contribution in [0.25, 0.3) is 0 Å². The van der Waals surface area contributed by atoms with Crippen LogP contribution in [0.1, 0.15) is 64.2 Å². The molecule has 1 N–H and O–H groups in total. The summed E-state index contributed by atoms with van der Waals surface area (Å²) in [5.74, 6) is 1.75. The summed E-state index contributed by atoms with van der Waals surface area (Å²) in [7, 11) is 0. The van der Waals surface area contributed by atoms with Crippen LogP contribution in [0, 0.1) is 11.8 Å². The first-order valence-electron chi connectivity index (χ1n) is 7.66. The van der Waals surface area contributed by atoms with Crippen LogP contribution < -0.4 is 5.32 Å². The van der Waals surface area contributed by atoms with Crippen molar-refractivity contribution in [1.29, 1.82) is 0 Å². The lowest BCUT2D eigenvalue weighted by Crippen LogP contribution is -2.34. The minimum Gasteiger partial charge on any atom is -0.356 e. The van der Waals surface area contributed by atoms with E-state index in [1.807, 2.05) is 0 Å². The summed E-state index contributed by atoms with van der Waals surface area (Å²) in [5, 5.41) is 3.14. The van der Waals surface area contributed by atoms with Crippen LogP contribution in [0.4, 0.5) is 0 Å². The molecule has 0 aromatic rings. The molecule has 104 valence electrons. The summed E-state index contributed by atoms with van der Waals surface area (Å²) in [4.78, 5) is 12.4. The van der Waals surface area contributed by atoms with Crippen molar-refractivity contribution in [2.75, 3.05) is 6.54 Å². The standard InChI is InChI=1S/C15H26BrNO/c16-14-8-4-3-7-13(14)11-17-15(18)10-9-12-5-1-2-6-12/h12-14H,1-11H2,(H,17,18). The van der Waals surface area contributed by atoms with Gasteiger partial charge in [0.05, 0.1) is 0 Å². The second-order valence-corrected chi connectivity index (χ2v) is 7.23. The van der Waals surface area contributed by atoms with E-state index < -0.39 is 0 Å². The molecule has 0 saturated heterocycles. The number of carbonyl (C=O) groups is 1. The average molecular weight is 316 g/mol. The molecule has 2 nitrogen and oxygen atoms in total. The molecule has 0 spiro atoms. The van der Waals surface area contributed by atoms with Gasteiger partial charge in [-0.2, -0.15) is 0 Å². The molecule has 2 atom stereocenters. The zero-order chi connectivity index (χ0) is 12.8. The van der Waals surface area contributed by atoms with Crippen LogP contribution in [0.5, 0.6) is 0 Å². The van der Waals surface area contributed by atoms with Crippen molar-refractivity contribution in [3.8, 4) is 0 Å². The molecular weight excluding hydrogens is 290 g/mol. The molecule has 0 radical (unpaired) electrons. The van der Waals surface area contributed by atoms with Crippen molar-refractivity contribution < 1.29 is 4.79 Å². The number of nitrogens with one attached hydrogen (secondary N) is 1. The summed E-state index contributed by atoms with van der Waals surface area (Å²) >= 11 is 3.75. The first-order chi connectivity index (χ1) is 8.75. The fraction of sp³-hybridized carbons (Fsp3) is 0.933. The molecule has 0 heterocycles. The van der Waals surface area contributed by atoms with Crippen molar-refractivity contribution in [2.24, 2.45) is 11.8 Å². The van der Waals surface area contributed by atoms with Crippen molar-refractivity contribution >= 4 is 21.8 Å². The van der Waals surface area contributed by atoms with Gasteiger partial charge in [-0.15, -0.1) is 0 Å². The zero-order valence-electron chi connectivity index (χ0n) is 11.3. The van der Waals surface area contributed by atoms with Crippen molar-refractivity contribution in [1.82, 2.24) is 5.32 Å². The third-order valence-electron chi connectivity index (χ3n) is 4.63. The van der Waals surface area contributed by atoms with E-state index in [4.69, 9.17) is 0 Å². The van der Waals surface area contributed by atoms with E-state index in [0.717, 1.165) is 25.3 Å². The van der Waals surface area contributed by atoms with Gasteiger partial charge < -0.3 is 5.32 Å². The average Bonchev–Trinajstić information content (AvgIpc) is 2.88. The van der Waals surface area contributed by atoms with Crippen molar-refractivity contribution in [3.63, 3.8) is 0 Å². The summed E-state index contributed by atoms with van der Waals surface area (Å²) in [5.41, 5.74) is 0. The van der Waals surface area contributed by atoms with E-state index in [1.165, 1.54) is 51.4 Å². The Balaban J connectivity index is 1.58. The number of alkyl halides is 1. The molecular formula is C15H26BrNO. The van der Waals surface area contributed by atoms with Gasteiger partial charge in [0, 0.05) is 17.8 Å². The van der Waals surface area contributed by atoms with Crippen LogP contribution in [0.2, 0.25) is 0 Å². The van der Waals surface area contributed by atoms with Crippen LogP contribution in [-0.2, 0) is 4.79 Å². The van der Waals surface area contributed by atoms with E-state index in [-0.39, 0.29) is 5.91 Å². The predicted molar refractivity (Wildman–Crippen MR) is 78.9 cm³/mol. The summed E-state index contributed by atoms with van der Waals surface area (Å²) < 4.78 is 0. The SMILES string of the molecule is O=C(CCC1CCCC1)NCC1CCCCC1Br. The topological polar surface area (TPSA) is 29.1 Å². The molecule has 3 heteroatoms. The lowest BCUT2D eigenvalue weighted by Gasteiger charge is -2.27. The maximum atomic E-state index is 11.8. The Hall–Kier alpha value is -0.0500. The summed E-state index contributed by atoms with van der Waals surface area (Å²) in [6.07, 6.45) is 12.5. The van der Waals surface area contributed by atoms with Gasteiger partial charge in [0.25, 0.3) is 0 Å². The minimum atomic E-state index is 0.271. The summed E-state index contributed by atoms with van der Waals surface area (Å²) in [6, 6.07) is 0. The Labute approximate surface area is 119 Å². The van der Waals surface area contributed by atoms with Gasteiger partial charge in [0.15, 0.2) is 0 Å². The molecule has 18 heavy (non-hydrogen) atoms. The molecule has 0 aromatic heterocycles. The van der Waals surface area contributed by atoms with E-state index in [2.05, 4.69) is 21.2 Å². The normalized spacial score (nSPS) is 29.4. The molecule has 2 fully saturated rings. The van der Waals surface area contributed by atoms with Crippen LogP contribution in [-0.4, -0.2) is 17.3 Å². The number of hydrogen-bond donors (Lipinski definition) is 1. The van der Waals surface area contributed by atoms with Gasteiger partial charge in [-0.25, -0.2) is 0 Å². The molecule has 2 aliphatic rings. The largest absolute Gasteiger partial charge is 0.356 e. The predicted octanol–water partition coefficient (Wildman–Crippen LogP) is 4.03. The van der Waals surface area contributed by atoms with Gasteiger partial charge in [-0.1, -0.05) is 54.5 Å². The lowest BCUT2D eigenvalue weighted by atomic mass is 9.89. The van der Waals surface area contributed by atoms with Crippen molar-refractivity contribution in [3.05, 3.63) is 0 Å². The van der Waals surface area contributed by atoms with Crippen LogP contribution in [0.15, 0.2) is 0 Å². The highest BCUT2D eigenvalue weighted by Crippen LogP contribution is 2.30. The minimum absolute atomic E-state index is 0.271. The maximum Gasteiger partial charge on any atom is 0.220 e. The van der Waals surface area contributed by atoms with E-state index in [9.17, 15) is 4.79 Å². The molecule has 1 amide bonds. The van der Waals surface area contributed by atoms with E-state index in [0.29, 0.717) is 10.7 Å². The van der Waals surface area contributed by atoms with Gasteiger partial charge >= 0.3 is 0 Å². The lowest BCUT2D eigenvalue weighted by molar-refractivity contribution is -0.121. The van der Waals surface area contributed by atoms with Gasteiger partial charge in [0.1, 0.15) is 0 Å². The molecule has 0 bridgehead atoms. The second kappa shape index (κ2) is 7.52.